The van der Waals surface area contributed by atoms with E-state index in [0.29, 0.717) is 43.0 Å². The number of piperazine rings is 1. The van der Waals surface area contributed by atoms with Crippen LogP contribution in [0.5, 0.6) is 0 Å². The Morgan fingerprint density at radius 2 is 1.90 bits per heavy atom. The second kappa shape index (κ2) is 8.05. The van der Waals surface area contributed by atoms with Gasteiger partial charge in [-0.1, -0.05) is 12.1 Å². The SMILES string of the molecule is Cc1nc(N2CCN(C(=O)CCn3cnc4ccccc4c3=O)CC2)[nH]c(=O)c1F. The minimum absolute atomic E-state index is 0.0432. The van der Waals surface area contributed by atoms with Gasteiger partial charge in [0.1, 0.15) is 0 Å². The van der Waals surface area contributed by atoms with Crippen molar-refractivity contribution in [2.45, 2.75) is 19.9 Å². The molecule has 1 N–H and O–H groups in total. The summed E-state index contributed by atoms with van der Waals surface area (Å²) in [6.45, 7) is 3.53. The predicted molar refractivity (Wildman–Crippen MR) is 109 cm³/mol. The Balaban J connectivity index is 1.37. The van der Waals surface area contributed by atoms with Gasteiger partial charge in [0, 0.05) is 39.1 Å². The van der Waals surface area contributed by atoms with Gasteiger partial charge in [-0.3, -0.25) is 23.9 Å². The normalized spacial score (nSPS) is 14.3. The number of rotatable bonds is 4. The molecule has 1 fully saturated rings. The standard InChI is InChI=1S/C20H21FN6O3/c1-13-17(21)18(29)24-20(23-13)26-10-8-25(9-11-26)16(28)6-7-27-12-22-15-5-3-2-4-14(15)19(27)30/h2-5,12H,6-11H2,1H3,(H,23,24,29). The quantitative estimate of drug-likeness (QED) is 0.675. The molecule has 3 heterocycles. The van der Waals surface area contributed by atoms with Gasteiger partial charge in [-0.2, -0.15) is 4.39 Å². The molecule has 3 aromatic rings. The molecule has 2 aromatic heterocycles. The minimum Gasteiger partial charge on any atom is -0.339 e. The number of fused-ring (bicyclic) bond motifs is 1. The van der Waals surface area contributed by atoms with Crippen molar-refractivity contribution >= 4 is 22.8 Å². The number of nitrogens with one attached hydrogen (secondary N) is 1. The summed E-state index contributed by atoms with van der Waals surface area (Å²) < 4.78 is 14.9. The zero-order valence-electron chi connectivity index (χ0n) is 16.5. The average Bonchev–Trinajstić information content (AvgIpc) is 2.77. The van der Waals surface area contributed by atoms with Crippen LogP contribution < -0.4 is 16.0 Å². The first kappa shape index (κ1) is 19.7. The molecular weight excluding hydrogens is 391 g/mol. The van der Waals surface area contributed by atoms with E-state index in [-0.39, 0.29) is 30.1 Å². The van der Waals surface area contributed by atoms with E-state index in [4.69, 9.17) is 0 Å². The van der Waals surface area contributed by atoms with Crippen LogP contribution in [-0.2, 0) is 11.3 Å². The minimum atomic E-state index is -0.883. The van der Waals surface area contributed by atoms with Gasteiger partial charge in [-0.15, -0.1) is 0 Å². The van der Waals surface area contributed by atoms with E-state index in [1.54, 1.807) is 23.1 Å². The summed E-state index contributed by atoms with van der Waals surface area (Å²) in [5.41, 5.74) is -0.295. The van der Waals surface area contributed by atoms with E-state index in [1.165, 1.54) is 17.8 Å². The number of aryl methyl sites for hydroxylation is 2. The summed E-state index contributed by atoms with van der Waals surface area (Å²) >= 11 is 0. The number of H-pyrrole nitrogens is 1. The van der Waals surface area contributed by atoms with Crippen LogP contribution >= 0.6 is 0 Å². The summed E-state index contributed by atoms with van der Waals surface area (Å²) in [4.78, 5) is 51.0. The highest BCUT2D eigenvalue weighted by molar-refractivity contribution is 5.77. The number of benzene rings is 1. The van der Waals surface area contributed by atoms with Crippen LogP contribution in [0.3, 0.4) is 0 Å². The summed E-state index contributed by atoms with van der Waals surface area (Å²) in [5.74, 6) is -0.641. The van der Waals surface area contributed by atoms with Crippen molar-refractivity contribution in [2.24, 2.45) is 0 Å². The summed E-state index contributed by atoms with van der Waals surface area (Å²) in [6, 6.07) is 7.10. The van der Waals surface area contributed by atoms with Crippen LogP contribution in [0, 0.1) is 12.7 Å². The Hall–Kier alpha value is -3.56. The number of anilines is 1. The third kappa shape index (κ3) is 3.80. The molecule has 1 aromatic carbocycles. The fourth-order valence-electron chi connectivity index (χ4n) is 3.51. The molecule has 0 saturated carbocycles. The predicted octanol–water partition coefficient (Wildman–Crippen LogP) is 0.666. The van der Waals surface area contributed by atoms with E-state index in [0.717, 1.165) is 0 Å². The molecule has 0 radical (unpaired) electrons. The van der Waals surface area contributed by atoms with Gasteiger partial charge in [-0.05, 0) is 19.1 Å². The number of hydrogen-bond donors (Lipinski definition) is 1. The summed E-state index contributed by atoms with van der Waals surface area (Å²) in [7, 11) is 0. The van der Waals surface area contributed by atoms with Gasteiger partial charge in [0.05, 0.1) is 22.9 Å². The highest BCUT2D eigenvalue weighted by Gasteiger charge is 2.23. The first-order chi connectivity index (χ1) is 14.4. The average molecular weight is 412 g/mol. The van der Waals surface area contributed by atoms with Crippen molar-refractivity contribution in [1.29, 1.82) is 0 Å². The highest BCUT2D eigenvalue weighted by Crippen LogP contribution is 2.12. The molecule has 1 saturated heterocycles. The monoisotopic (exact) mass is 412 g/mol. The van der Waals surface area contributed by atoms with Crippen molar-refractivity contribution in [2.75, 3.05) is 31.1 Å². The largest absolute Gasteiger partial charge is 0.339 e. The van der Waals surface area contributed by atoms with Crippen LogP contribution in [0.25, 0.3) is 10.9 Å². The van der Waals surface area contributed by atoms with Crippen molar-refractivity contribution in [3.8, 4) is 0 Å². The molecule has 0 atom stereocenters. The maximum Gasteiger partial charge on any atom is 0.288 e. The maximum absolute atomic E-state index is 13.5. The second-order valence-electron chi connectivity index (χ2n) is 7.17. The summed E-state index contributed by atoms with van der Waals surface area (Å²) in [6.07, 6.45) is 1.65. The molecule has 1 aliphatic rings. The third-order valence-electron chi connectivity index (χ3n) is 5.25. The molecule has 1 aliphatic heterocycles. The van der Waals surface area contributed by atoms with Crippen LogP contribution in [0.2, 0.25) is 0 Å². The van der Waals surface area contributed by atoms with Crippen LogP contribution in [0.15, 0.2) is 40.2 Å². The van der Waals surface area contributed by atoms with Crippen LogP contribution in [0.4, 0.5) is 10.3 Å². The topological polar surface area (TPSA) is 104 Å². The lowest BCUT2D eigenvalue weighted by Crippen LogP contribution is -2.49. The number of para-hydroxylation sites is 1. The Bertz CT molecular complexity index is 1210. The van der Waals surface area contributed by atoms with E-state index >= 15 is 0 Å². The lowest BCUT2D eigenvalue weighted by Gasteiger charge is -2.35. The van der Waals surface area contributed by atoms with Crippen molar-refractivity contribution < 1.29 is 9.18 Å². The molecule has 9 nitrogen and oxygen atoms in total. The number of nitrogens with zero attached hydrogens (tertiary/aromatic N) is 5. The molecule has 0 spiro atoms. The molecule has 10 heteroatoms. The zero-order chi connectivity index (χ0) is 21.3. The van der Waals surface area contributed by atoms with E-state index in [1.807, 2.05) is 11.0 Å². The smallest absolute Gasteiger partial charge is 0.288 e. The van der Waals surface area contributed by atoms with Gasteiger partial charge in [0.25, 0.3) is 11.1 Å². The second-order valence-corrected chi connectivity index (χ2v) is 7.17. The van der Waals surface area contributed by atoms with Gasteiger partial charge >= 0.3 is 0 Å². The van der Waals surface area contributed by atoms with Crippen LogP contribution in [-0.4, -0.2) is 56.5 Å². The number of amides is 1. The molecule has 0 aliphatic carbocycles. The Morgan fingerprint density at radius 1 is 1.17 bits per heavy atom. The van der Waals surface area contributed by atoms with Gasteiger partial charge in [0.15, 0.2) is 0 Å². The highest BCUT2D eigenvalue weighted by atomic mass is 19.1. The molecule has 156 valence electrons. The molecule has 4 rings (SSSR count). The number of halogens is 1. The Morgan fingerprint density at radius 3 is 2.63 bits per heavy atom. The van der Waals surface area contributed by atoms with Gasteiger partial charge in [0.2, 0.25) is 17.7 Å². The fourth-order valence-corrected chi connectivity index (χ4v) is 3.51. The number of carbonyl (C=O) groups excluding carboxylic acids is 1. The zero-order valence-corrected chi connectivity index (χ0v) is 16.5. The Kier molecular flexibility index (Phi) is 5.30. The number of aromatic amines is 1. The van der Waals surface area contributed by atoms with Crippen LogP contribution in [0.1, 0.15) is 12.1 Å². The van der Waals surface area contributed by atoms with E-state index in [2.05, 4.69) is 15.0 Å². The summed E-state index contributed by atoms with van der Waals surface area (Å²) in [5, 5.41) is 0.525. The lowest BCUT2D eigenvalue weighted by atomic mass is 10.2. The van der Waals surface area contributed by atoms with Crippen molar-refractivity contribution in [3.63, 3.8) is 0 Å². The van der Waals surface area contributed by atoms with Gasteiger partial charge < -0.3 is 9.80 Å². The molecule has 0 unspecified atom stereocenters. The lowest BCUT2D eigenvalue weighted by molar-refractivity contribution is -0.131. The number of carbonyl (C=O) groups is 1. The molecule has 1 amide bonds. The first-order valence-electron chi connectivity index (χ1n) is 9.67. The fraction of sp³-hybridized carbons (Fsp3) is 0.350. The van der Waals surface area contributed by atoms with Crippen molar-refractivity contribution in [1.82, 2.24) is 24.4 Å². The number of hydrogen-bond acceptors (Lipinski definition) is 6. The van der Waals surface area contributed by atoms with Gasteiger partial charge in [-0.25, -0.2) is 9.97 Å². The maximum atomic E-state index is 13.5. The van der Waals surface area contributed by atoms with E-state index < -0.39 is 11.4 Å². The third-order valence-corrected chi connectivity index (χ3v) is 5.25. The molecule has 0 bridgehead atoms. The van der Waals surface area contributed by atoms with Crippen molar-refractivity contribution in [3.05, 3.63) is 62.8 Å². The number of aromatic nitrogens is 4. The first-order valence-corrected chi connectivity index (χ1v) is 9.67. The van der Waals surface area contributed by atoms with E-state index in [9.17, 15) is 18.8 Å². The Labute approximate surface area is 170 Å². The molecule has 30 heavy (non-hydrogen) atoms. The molecular formula is C20H21FN6O3.